The van der Waals surface area contributed by atoms with Crippen molar-refractivity contribution in [2.75, 3.05) is 0 Å². The molecule has 2 N–H and O–H groups in total. The number of hydrogen-bond donors (Lipinski definition) is 2. The quantitative estimate of drug-likeness (QED) is 0.891. The molecule has 0 radical (unpaired) electrons. The minimum Gasteiger partial charge on any atom is -0.480 e. The number of rotatable bonds is 3. The Hall–Kier alpha value is -2.17. The van der Waals surface area contributed by atoms with Crippen LogP contribution in [0.5, 0.6) is 0 Å². The van der Waals surface area contributed by atoms with Crippen LogP contribution in [0, 0.1) is 5.82 Å². The van der Waals surface area contributed by atoms with E-state index in [1.54, 1.807) is 18.3 Å². The molecule has 1 aromatic carbocycles. The second kappa shape index (κ2) is 4.19. The Morgan fingerprint density at radius 2 is 2.21 bits per heavy atom. The summed E-state index contributed by atoms with van der Waals surface area (Å²) in [5.74, 6) is -0.713. The van der Waals surface area contributed by atoms with Gasteiger partial charge in [0.2, 0.25) is 0 Å². The fourth-order valence-corrected chi connectivity index (χ4v) is 2.45. The van der Waals surface area contributed by atoms with Crippen molar-refractivity contribution in [2.24, 2.45) is 0 Å². The van der Waals surface area contributed by atoms with E-state index in [0.29, 0.717) is 29.9 Å². The number of imidazole rings is 1. The third kappa shape index (κ3) is 1.82. The zero-order valence-electron chi connectivity index (χ0n) is 10.2. The van der Waals surface area contributed by atoms with Crippen LogP contribution in [0.2, 0.25) is 0 Å². The van der Waals surface area contributed by atoms with Crippen LogP contribution in [0.4, 0.5) is 4.39 Å². The summed E-state index contributed by atoms with van der Waals surface area (Å²) in [7, 11) is 0. The van der Waals surface area contributed by atoms with E-state index in [2.05, 4.69) is 9.97 Å². The average molecular weight is 260 g/mol. The van der Waals surface area contributed by atoms with E-state index >= 15 is 0 Å². The first-order chi connectivity index (χ1) is 9.12. The number of aromatic nitrogens is 2. The van der Waals surface area contributed by atoms with Gasteiger partial charge in [0.25, 0.3) is 0 Å². The van der Waals surface area contributed by atoms with Crippen LogP contribution < -0.4 is 0 Å². The number of nitrogens with one attached hydrogen (secondary N) is 1. The van der Waals surface area contributed by atoms with Gasteiger partial charge in [-0.15, -0.1) is 0 Å². The Morgan fingerprint density at radius 3 is 2.79 bits per heavy atom. The molecule has 0 saturated heterocycles. The molecule has 1 aromatic heterocycles. The van der Waals surface area contributed by atoms with Gasteiger partial charge in [0.15, 0.2) is 0 Å². The summed E-state index contributed by atoms with van der Waals surface area (Å²) in [5, 5.41) is 9.34. The number of carboxylic acid groups (broad SMARTS) is 1. The smallest absolute Gasteiger partial charge is 0.317 e. The van der Waals surface area contributed by atoms with Crippen molar-refractivity contribution in [1.29, 1.82) is 0 Å². The van der Waals surface area contributed by atoms with Crippen LogP contribution >= 0.6 is 0 Å². The van der Waals surface area contributed by atoms with Gasteiger partial charge in [-0.05, 0) is 25.0 Å². The predicted octanol–water partition coefficient (Wildman–Crippen LogP) is 2.72. The van der Waals surface area contributed by atoms with Crippen molar-refractivity contribution in [3.05, 3.63) is 42.1 Å². The zero-order chi connectivity index (χ0) is 13.5. The van der Waals surface area contributed by atoms with Gasteiger partial charge >= 0.3 is 5.97 Å². The molecule has 2 aromatic rings. The molecule has 1 saturated carbocycles. The van der Waals surface area contributed by atoms with E-state index in [1.807, 2.05) is 0 Å². The Bertz CT molecular complexity index is 632. The summed E-state index contributed by atoms with van der Waals surface area (Å²) in [4.78, 5) is 18.6. The number of halogens is 1. The highest BCUT2D eigenvalue weighted by atomic mass is 19.1. The van der Waals surface area contributed by atoms with E-state index in [4.69, 9.17) is 0 Å². The summed E-state index contributed by atoms with van der Waals surface area (Å²) < 4.78 is 13.2. The summed E-state index contributed by atoms with van der Waals surface area (Å²) in [6.07, 6.45) is 3.65. The molecule has 0 aliphatic heterocycles. The molecule has 1 fully saturated rings. The Labute approximate surface area is 109 Å². The maximum absolute atomic E-state index is 13.2. The fourth-order valence-electron chi connectivity index (χ4n) is 2.45. The van der Waals surface area contributed by atoms with Gasteiger partial charge in [-0.3, -0.25) is 4.79 Å². The number of nitrogens with zero attached hydrogens (tertiary/aromatic N) is 1. The standard InChI is InChI=1S/C14H13FN2O2/c15-10-4-1-3-9(7-10)11-8-16-12(17-11)14(13(18)19)5-2-6-14/h1,3-4,7-8H,2,5-6H2,(H,16,17)(H,18,19). The summed E-state index contributed by atoms with van der Waals surface area (Å²) >= 11 is 0. The molecule has 0 bridgehead atoms. The van der Waals surface area contributed by atoms with Gasteiger partial charge < -0.3 is 10.1 Å². The number of aromatic amines is 1. The molecule has 5 heteroatoms. The van der Waals surface area contributed by atoms with Gasteiger partial charge in [-0.1, -0.05) is 18.6 Å². The lowest BCUT2D eigenvalue weighted by atomic mass is 9.68. The molecule has 1 aliphatic rings. The molecule has 4 nitrogen and oxygen atoms in total. The lowest BCUT2D eigenvalue weighted by Gasteiger charge is -2.35. The lowest BCUT2D eigenvalue weighted by molar-refractivity contribution is -0.147. The number of carbonyl (C=O) groups is 1. The van der Waals surface area contributed by atoms with Crippen LogP contribution in [0.1, 0.15) is 25.1 Å². The number of carboxylic acids is 1. The van der Waals surface area contributed by atoms with Gasteiger partial charge in [0, 0.05) is 5.56 Å². The summed E-state index contributed by atoms with van der Waals surface area (Å²) in [6, 6.07) is 6.13. The van der Waals surface area contributed by atoms with E-state index in [0.717, 1.165) is 6.42 Å². The second-order valence-corrected chi connectivity index (χ2v) is 4.90. The molecule has 0 atom stereocenters. The maximum Gasteiger partial charge on any atom is 0.317 e. The van der Waals surface area contributed by atoms with Gasteiger partial charge in [-0.2, -0.15) is 0 Å². The minimum atomic E-state index is -0.883. The number of hydrogen-bond acceptors (Lipinski definition) is 2. The Kier molecular flexibility index (Phi) is 2.62. The SMILES string of the molecule is O=C(O)C1(c2ncc(-c3cccc(F)c3)[nH]2)CCC1. The van der Waals surface area contributed by atoms with E-state index in [1.165, 1.54) is 12.1 Å². The van der Waals surface area contributed by atoms with Crippen LogP contribution in [-0.2, 0) is 10.2 Å². The number of aliphatic carboxylic acids is 1. The van der Waals surface area contributed by atoms with Crippen LogP contribution in [0.3, 0.4) is 0 Å². The first-order valence-corrected chi connectivity index (χ1v) is 6.17. The predicted molar refractivity (Wildman–Crippen MR) is 67.1 cm³/mol. The Balaban J connectivity index is 1.98. The molecular formula is C14H13FN2O2. The largest absolute Gasteiger partial charge is 0.480 e. The average Bonchev–Trinajstić information content (AvgIpc) is 2.76. The normalized spacial score (nSPS) is 16.9. The highest BCUT2D eigenvalue weighted by molar-refractivity contribution is 5.81. The molecular weight excluding hydrogens is 247 g/mol. The zero-order valence-corrected chi connectivity index (χ0v) is 10.2. The van der Waals surface area contributed by atoms with Gasteiger partial charge in [-0.25, -0.2) is 9.37 Å². The molecule has 19 heavy (non-hydrogen) atoms. The highest BCUT2D eigenvalue weighted by Gasteiger charge is 2.48. The lowest BCUT2D eigenvalue weighted by Crippen LogP contribution is -2.43. The van der Waals surface area contributed by atoms with Crippen molar-refractivity contribution in [3.63, 3.8) is 0 Å². The van der Waals surface area contributed by atoms with E-state index in [9.17, 15) is 14.3 Å². The van der Waals surface area contributed by atoms with Crippen molar-refractivity contribution >= 4 is 5.97 Å². The molecule has 1 heterocycles. The molecule has 0 amide bonds. The van der Waals surface area contributed by atoms with Crippen molar-refractivity contribution in [1.82, 2.24) is 9.97 Å². The monoisotopic (exact) mass is 260 g/mol. The van der Waals surface area contributed by atoms with Crippen LogP contribution in [0.25, 0.3) is 11.3 Å². The summed E-state index contributed by atoms with van der Waals surface area (Å²) in [5.41, 5.74) is 0.423. The van der Waals surface area contributed by atoms with Gasteiger partial charge in [0.1, 0.15) is 17.1 Å². The van der Waals surface area contributed by atoms with Crippen LogP contribution in [-0.4, -0.2) is 21.0 Å². The molecule has 3 rings (SSSR count). The van der Waals surface area contributed by atoms with E-state index in [-0.39, 0.29) is 5.82 Å². The molecule has 0 unspecified atom stereocenters. The molecule has 98 valence electrons. The van der Waals surface area contributed by atoms with Crippen LogP contribution in [0.15, 0.2) is 30.5 Å². The molecule has 1 aliphatic carbocycles. The number of H-pyrrole nitrogens is 1. The maximum atomic E-state index is 13.2. The van der Waals surface area contributed by atoms with Crippen molar-refractivity contribution < 1.29 is 14.3 Å². The topological polar surface area (TPSA) is 66.0 Å². The highest BCUT2D eigenvalue weighted by Crippen LogP contribution is 2.43. The van der Waals surface area contributed by atoms with Crippen molar-refractivity contribution in [2.45, 2.75) is 24.7 Å². The third-order valence-corrected chi connectivity index (χ3v) is 3.78. The number of benzene rings is 1. The van der Waals surface area contributed by atoms with Crippen molar-refractivity contribution in [3.8, 4) is 11.3 Å². The summed E-state index contributed by atoms with van der Waals surface area (Å²) in [6.45, 7) is 0. The first kappa shape index (κ1) is 11.9. The Morgan fingerprint density at radius 1 is 1.42 bits per heavy atom. The third-order valence-electron chi connectivity index (χ3n) is 3.78. The fraction of sp³-hybridized carbons (Fsp3) is 0.286. The first-order valence-electron chi connectivity index (χ1n) is 6.17. The van der Waals surface area contributed by atoms with E-state index < -0.39 is 11.4 Å². The molecule has 0 spiro atoms. The second-order valence-electron chi connectivity index (χ2n) is 4.90. The van der Waals surface area contributed by atoms with Gasteiger partial charge in [0.05, 0.1) is 11.9 Å². The minimum absolute atomic E-state index is 0.328.